The van der Waals surface area contributed by atoms with Crippen molar-refractivity contribution in [3.8, 4) is 0 Å². The van der Waals surface area contributed by atoms with Crippen LogP contribution >= 0.6 is 0 Å². The van der Waals surface area contributed by atoms with Crippen LogP contribution in [0.1, 0.15) is 33.1 Å². The van der Waals surface area contributed by atoms with E-state index in [1.165, 1.54) is 0 Å². The Morgan fingerprint density at radius 3 is 2.30 bits per heavy atom. The molecule has 0 heterocycles. The highest BCUT2D eigenvalue weighted by atomic mass is 16.2. The minimum absolute atomic E-state index is 0.182. The van der Waals surface area contributed by atoms with Crippen molar-refractivity contribution < 1.29 is 9.59 Å². The predicted molar refractivity (Wildman–Crippen MR) is 37.6 cm³/mol. The fourth-order valence-corrected chi connectivity index (χ4v) is 1.30. The standard InChI is InChI=1S/C8H12O2/c1-8(2)5-3-4-6(9)7(8)10/h3-5H2,1-2H3. The van der Waals surface area contributed by atoms with Crippen LogP contribution in [0.5, 0.6) is 0 Å². The van der Waals surface area contributed by atoms with E-state index in [0.29, 0.717) is 6.42 Å². The predicted octanol–water partition coefficient (Wildman–Crippen LogP) is 1.33. The summed E-state index contributed by atoms with van der Waals surface area (Å²) in [6, 6.07) is 0. The van der Waals surface area contributed by atoms with Crippen LogP contribution in [0.2, 0.25) is 0 Å². The second-order valence-corrected chi connectivity index (χ2v) is 3.49. The summed E-state index contributed by atoms with van der Waals surface area (Å²) in [7, 11) is 0. The van der Waals surface area contributed by atoms with Crippen molar-refractivity contribution in [1.82, 2.24) is 0 Å². The van der Waals surface area contributed by atoms with E-state index >= 15 is 0 Å². The van der Waals surface area contributed by atoms with Gasteiger partial charge in [0.1, 0.15) is 0 Å². The lowest BCUT2D eigenvalue weighted by atomic mass is 9.76. The van der Waals surface area contributed by atoms with Gasteiger partial charge in [0.25, 0.3) is 0 Å². The largest absolute Gasteiger partial charge is 0.291 e. The van der Waals surface area contributed by atoms with Crippen LogP contribution in [-0.4, -0.2) is 11.6 Å². The zero-order chi connectivity index (χ0) is 7.78. The summed E-state index contributed by atoms with van der Waals surface area (Å²) in [6.45, 7) is 3.68. The zero-order valence-corrected chi connectivity index (χ0v) is 6.44. The minimum Gasteiger partial charge on any atom is -0.291 e. The van der Waals surface area contributed by atoms with Gasteiger partial charge in [-0.3, -0.25) is 9.59 Å². The number of carbonyl (C=O) groups excluding carboxylic acids is 2. The van der Waals surface area contributed by atoms with Crippen molar-refractivity contribution >= 4 is 11.6 Å². The lowest BCUT2D eigenvalue weighted by Crippen LogP contribution is -2.35. The monoisotopic (exact) mass is 140 g/mol. The molecule has 0 radical (unpaired) electrons. The summed E-state index contributed by atoms with van der Waals surface area (Å²) < 4.78 is 0. The zero-order valence-electron chi connectivity index (χ0n) is 6.44. The van der Waals surface area contributed by atoms with Crippen LogP contribution in [0.4, 0.5) is 0 Å². The molecule has 1 aliphatic rings. The number of hydrogen-bond acceptors (Lipinski definition) is 2. The van der Waals surface area contributed by atoms with Gasteiger partial charge in [-0.2, -0.15) is 0 Å². The van der Waals surface area contributed by atoms with Crippen molar-refractivity contribution in [2.45, 2.75) is 33.1 Å². The number of hydrogen-bond donors (Lipinski definition) is 0. The normalized spacial score (nSPS) is 25.0. The molecule has 1 saturated carbocycles. The first-order valence-corrected chi connectivity index (χ1v) is 3.62. The molecule has 2 nitrogen and oxygen atoms in total. The third kappa shape index (κ3) is 1.11. The minimum atomic E-state index is -0.380. The number of carbonyl (C=O) groups is 2. The van der Waals surface area contributed by atoms with Crippen molar-refractivity contribution in [3.63, 3.8) is 0 Å². The summed E-state index contributed by atoms with van der Waals surface area (Å²) in [4.78, 5) is 22.0. The van der Waals surface area contributed by atoms with Crippen LogP contribution < -0.4 is 0 Å². The van der Waals surface area contributed by atoms with Gasteiger partial charge in [-0.25, -0.2) is 0 Å². The molecule has 10 heavy (non-hydrogen) atoms. The highest BCUT2D eigenvalue weighted by Crippen LogP contribution is 2.29. The quantitative estimate of drug-likeness (QED) is 0.476. The van der Waals surface area contributed by atoms with Crippen LogP contribution in [0.3, 0.4) is 0 Å². The molecule has 0 unspecified atom stereocenters. The van der Waals surface area contributed by atoms with Gasteiger partial charge < -0.3 is 0 Å². The average Bonchev–Trinajstić information content (AvgIpc) is 1.83. The first-order valence-electron chi connectivity index (χ1n) is 3.62. The van der Waals surface area contributed by atoms with Crippen molar-refractivity contribution in [3.05, 3.63) is 0 Å². The van der Waals surface area contributed by atoms with Crippen LogP contribution in [0.15, 0.2) is 0 Å². The maximum Gasteiger partial charge on any atom is 0.203 e. The van der Waals surface area contributed by atoms with E-state index in [0.717, 1.165) is 12.8 Å². The molecule has 0 aromatic carbocycles. The third-order valence-electron chi connectivity index (χ3n) is 2.07. The van der Waals surface area contributed by atoms with Gasteiger partial charge in [-0.1, -0.05) is 13.8 Å². The van der Waals surface area contributed by atoms with E-state index in [-0.39, 0.29) is 17.0 Å². The van der Waals surface area contributed by atoms with Gasteiger partial charge in [0.15, 0.2) is 5.78 Å². The fourth-order valence-electron chi connectivity index (χ4n) is 1.30. The Morgan fingerprint density at radius 1 is 1.30 bits per heavy atom. The van der Waals surface area contributed by atoms with E-state index in [4.69, 9.17) is 0 Å². The fraction of sp³-hybridized carbons (Fsp3) is 0.750. The van der Waals surface area contributed by atoms with E-state index < -0.39 is 0 Å². The summed E-state index contributed by atoms with van der Waals surface area (Å²) in [5.41, 5.74) is -0.380. The van der Waals surface area contributed by atoms with Crippen molar-refractivity contribution in [2.75, 3.05) is 0 Å². The molecule has 0 saturated heterocycles. The van der Waals surface area contributed by atoms with Crippen molar-refractivity contribution in [2.24, 2.45) is 5.41 Å². The summed E-state index contributed by atoms with van der Waals surface area (Å²) in [5, 5.41) is 0. The van der Waals surface area contributed by atoms with Crippen LogP contribution in [0.25, 0.3) is 0 Å². The van der Waals surface area contributed by atoms with E-state index in [1.807, 2.05) is 13.8 Å². The van der Waals surface area contributed by atoms with Crippen LogP contribution in [-0.2, 0) is 9.59 Å². The van der Waals surface area contributed by atoms with Crippen LogP contribution in [0, 0.1) is 5.41 Å². The molecule has 1 fully saturated rings. The van der Waals surface area contributed by atoms with Gasteiger partial charge in [-0.15, -0.1) is 0 Å². The molecular formula is C8H12O2. The van der Waals surface area contributed by atoms with Gasteiger partial charge >= 0.3 is 0 Å². The second kappa shape index (κ2) is 2.19. The summed E-state index contributed by atoms with van der Waals surface area (Å²) in [5.74, 6) is -0.366. The smallest absolute Gasteiger partial charge is 0.203 e. The maximum absolute atomic E-state index is 11.1. The summed E-state index contributed by atoms with van der Waals surface area (Å²) >= 11 is 0. The Kier molecular flexibility index (Phi) is 1.63. The highest BCUT2D eigenvalue weighted by molar-refractivity contribution is 6.39. The maximum atomic E-state index is 11.1. The van der Waals surface area contributed by atoms with Crippen molar-refractivity contribution in [1.29, 1.82) is 0 Å². The van der Waals surface area contributed by atoms with E-state index in [9.17, 15) is 9.59 Å². The van der Waals surface area contributed by atoms with E-state index in [2.05, 4.69) is 0 Å². The number of rotatable bonds is 0. The Labute approximate surface area is 60.6 Å². The Balaban J connectivity index is 2.79. The topological polar surface area (TPSA) is 34.1 Å². The van der Waals surface area contributed by atoms with E-state index in [1.54, 1.807) is 0 Å². The Morgan fingerprint density at radius 2 is 1.90 bits per heavy atom. The Bertz CT molecular complexity index is 180. The molecule has 0 aliphatic heterocycles. The molecular weight excluding hydrogens is 128 g/mol. The molecule has 2 heteroatoms. The molecule has 0 bridgehead atoms. The lowest BCUT2D eigenvalue weighted by molar-refractivity contribution is -0.144. The number of Topliss-reactive ketones (excluding diaryl/α,β-unsaturated/α-hetero) is 2. The molecule has 0 atom stereocenters. The van der Waals surface area contributed by atoms with Gasteiger partial charge in [0, 0.05) is 11.8 Å². The number of ketones is 2. The molecule has 0 aromatic heterocycles. The molecule has 0 N–H and O–H groups in total. The second-order valence-electron chi connectivity index (χ2n) is 3.49. The third-order valence-corrected chi connectivity index (χ3v) is 2.07. The summed E-state index contributed by atoms with van der Waals surface area (Å²) in [6.07, 6.45) is 2.19. The molecule has 1 rings (SSSR count). The first kappa shape index (κ1) is 7.45. The first-order chi connectivity index (χ1) is 4.54. The molecule has 56 valence electrons. The molecule has 0 spiro atoms. The van der Waals surface area contributed by atoms with Gasteiger partial charge in [-0.05, 0) is 12.8 Å². The Hall–Kier alpha value is -0.660. The molecule has 0 aromatic rings. The van der Waals surface area contributed by atoms with Gasteiger partial charge in [0.05, 0.1) is 0 Å². The lowest BCUT2D eigenvalue weighted by Gasteiger charge is -2.25. The molecule has 1 aliphatic carbocycles. The SMILES string of the molecule is CC1(C)CCCC(=O)C1=O. The average molecular weight is 140 g/mol. The van der Waals surface area contributed by atoms with Gasteiger partial charge in [0.2, 0.25) is 5.78 Å². The highest BCUT2D eigenvalue weighted by Gasteiger charge is 2.35. The molecule has 0 amide bonds.